The Morgan fingerprint density at radius 1 is 1.39 bits per heavy atom. The van der Waals surface area contributed by atoms with Gasteiger partial charge in [-0.25, -0.2) is 10.6 Å². The molecule has 0 saturated carbocycles. The first-order valence-corrected chi connectivity index (χ1v) is 5.87. The number of nitrogens with two attached hydrogens (primary N) is 1. The fraction of sp³-hybridized carbons (Fsp3) is 0.818. The first-order chi connectivity index (χ1) is 8.23. The van der Waals surface area contributed by atoms with Crippen LogP contribution in [0.4, 0.5) is 4.79 Å². The van der Waals surface area contributed by atoms with E-state index in [1.807, 2.05) is 5.43 Å². The van der Waals surface area contributed by atoms with Gasteiger partial charge in [-0.3, -0.25) is 10.2 Å². The van der Waals surface area contributed by atoms with E-state index < -0.39 is 23.7 Å². The first kappa shape index (κ1) is 14.7. The van der Waals surface area contributed by atoms with Gasteiger partial charge < -0.3 is 14.4 Å². The van der Waals surface area contributed by atoms with E-state index in [-0.39, 0.29) is 12.6 Å². The zero-order chi connectivity index (χ0) is 13.9. The average Bonchev–Trinajstić information content (AvgIpc) is 2.24. The lowest BCUT2D eigenvalue weighted by molar-refractivity contribution is -0.144. The molecular weight excluding hydrogens is 238 g/mol. The minimum Gasteiger partial charge on any atom is -0.444 e. The molecule has 0 aliphatic carbocycles. The van der Waals surface area contributed by atoms with Gasteiger partial charge >= 0.3 is 6.09 Å². The molecule has 2 amide bonds. The molecule has 0 aromatic rings. The van der Waals surface area contributed by atoms with Crippen LogP contribution in [0.5, 0.6) is 0 Å². The lowest BCUT2D eigenvalue weighted by atomic mass is 10.2. The molecule has 18 heavy (non-hydrogen) atoms. The summed E-state index contributed by atoms with van der Waals surface area (Å²) in [7, 11) is 0. The van der Waals surface area contributed by atoms with Crippen LogP contribution in [0.25, 0.3) is 0 Å². The Kier molecular flexibility index (Phi) is 4.53. The van der Waals surface area contributed by atoms with Crippen LogP contribution < -0.4 is 11.3 Å². The molecule has 1 fully saturated rings. The van der Waals surface area contributed by atoms with Crippen LogP contribution >= 0.6 is 0 Å². The maximum atomic E-state index is 11.9. The lowest BCUT2D eigenvalue weighted by Gasteiger charge is -2.36. The second kappa shape index (κ2) is 5.53. The summed E-state index contributed by atoms with van der Waals surface area (Å²) >= 11 is 0. The lowest BCUT2D eigenvalue weighted by Crippen LogP contribution is -2.55. The van der Waals surface area contributed by atoms with Crippen LogP contribution in [0.2, 0.25) is 0 Å². The van der Waals surface area contributed by atoms with E-state index >= 15 is 0 Å². The number of nitrogens with zero attached hydrogens (tertiary/aromatic N) is 1. The van der Waals surface area contributed by atoms with E-state index in [2.05, 4.69) is 0 Å². The highest BCUT2D eigenvalue weighted by Gasteiger charge is 2.34. The van der Waals surface area contributed by atoms with Gasteiger partial charge in [0.1, 0.15) is 5.60 Å². The van der Waals surface area contributed by atoms with Crippen molar-refractivity contribution in [1.82, 2.24) is 10.3 Å². The Hall–Kier alpha value is -1.34. The number of rotatable bonds is 1. The van der Waals surface area contributed by atoms with E-state index in [9.17, 15) is 9.59 Å². The third kappa shape index (κ3) is 4.15. The molecule has 1 heterocycles. The average molecular weight is 259 g/mol. The summed E-state index contributed by atoms with van der Waals surface area (Å²) in [5.41, 5.74) is 1.46. The SMILES string of the molecule is CC1CN(C(=O)OC(C)(C)C)CC(C(=O)NN)O1. The fourth-order valence-electron chi connectivity index (χ4n) is 1.66. The number of carbonyl (C=O) groups is 2. The molecule has 1 saturated heterocycles. The Morgan fingerprint density at radius 2 is 2.00 bits per heavy atom. The van der Waals surface area contributed by atoms with Gasteiger partial charge in [0.15, 0.2) is 6.10 Å². The van der Waals surface area contributed by atoms with Crippen LogP contribution in [-0.2, 0) is 14.3 Å². The predicted octanol–water partition coefficient (Wildman–Crippen LogP) is 0.000700. The van der Waals surface area contributed by atoms with Crippen molar-refractivity contribution in [2.24, 2.45) is 5.84 Å². The topological polar surface area (TPSA) is 93.9 Å². The van der Waals surface area contributed by atoms with Crippen molar-refractivity contribution in [3.05, 3.63) is 0 Å². The highest BCUT2D eigenvalue weighted by Crippen LogP contribution is 2.15. The number of carbonyl (C=O) groups excluding carboxylic acids is 2. The summed E-state index contributed by atoms with van der Waals surface area (Å²) in [6.07, 6.45) is -1.45. The Balaban J connectivity index is 2.66. The van der Waals surface area contributed by atoms with Crippen molar-refractivity contribution in [3.63, 3.8) is 0 Å². The summed E-state index contributed by atoms with van der Waals surface area (Å²) in [6, 6.07) is 0. The standard InChI is InChI=1S/C11H21N3O4/c1-7-5-14(10(16)18-11(2,3)4)6-8(17-7)9(15)13-12/h7-8H,5-6,12H2,1-4H3,(H,13,15). The molecule has 0 radical (unpaired) electrons. The molecule has 1 rings (SSSR count). The van der Waals surface area contributed by atoms with Crippen LogP contribution in [-0.4, -0.2) is 47.8 Å². The van der Waals surface area contributed by atoms with Crippen molar-refractivity contribution in [2.75, 3.05) is 13.1 Å². The number of morpholine rings is 1. The summed E-state index contributed by atoms with van der Waals surface area (Å²) in [5, 5.41) is 0. The molecule has 0 spiro atoms. The van der Waals surface area contributed by atoms with Crippen molar-refractivity contribution >= 4 is 12.0 Å². The molecule has 2 unspecified atom stereocenters. The largest absolute Gasteiger partial charge is 0.444 e. The molecule has 0 bridgehead atoms. The van der Waals surface area contributed by atoms with E-state index in [4.69, 9.17) is 15.3 Å². The number of hydrogen-bond acceptors (Lipinski definition) is 5. The van der Waals surface area contributed by atoms with Gasteiger partial charge in [0, 0.05) is 0 Å². The minimum absolute atomic E-state index is 0.141. The highest BCUT2D eigenvalue weighted by atomic mass is 16.6. The van der Waals surface area contributed by atoms with E-state index in [0.29, 0.717) is 6.54 Å². The minimum atomic E-state index is -0.758. The maximum Gasteiger partial charge on any atom is 0.410 e. The monoisotopic (exact) mass is 259 g/mol. The van der Waals surface area contributed by atoms with Crippen LogP contribution in [0.3, 0.4) is 0 Å². The summed E-state index contributed by atoms with van der Waals surface area (Å²) in [5.74, 6) is 4.61. The van der Waals surface area contributed by atoms with E-state index in [1.165, 1.54) is 4.90 Å². The Morgan fingerprint density at radius 3 is 2.50 bits per heavy atom. The third-order valence-corrected chi connectivity index (χ3v) is 2.35. The summed E-state index contributed by atoms with van der Waals surface area (Å²) < 4.78 is 10.7. The van der Waals surface area contributed by atoms with Crippen LogP contribution in [0, 0.1) is 0 Å². The third-order valence-electron chi connectivity index (χ3n) is 2.35. The number of hydrogen-bond donors (Lipinski definition) is 2. The van der Waals surface area contributed by atoms with Gasteiger partial charge in [0.2, 0.25) is 0 Å². The highest BCUT2D eigenvalue weighted by molar-refractivity contribution is 5.81. The quantitative estimate of drug-likeness (QED) is 0.393. The number of nitrogens with one attached hydrogen (secondary N) is 1. The normalized spacial score (nSPS) is 24.6. The molecule has 3 N–H and O–H groups in total. The zero-order valence-corrected chi connectivity index (χ0v) is 11.2. The van der Waals surface area contributed by atoms with Gasteiger partial charge in [-0.15, -0.1) is 0 Å². The van der Waals surface area contributed by atoms with Gasteiger partial charge in [-0.2, -0.15) is 0 Å². The Labute approximate surface area is 107 Å². The zero-order valence-electron chi connectivity index (χ0n) is 11.2. The van der Waals surface area contributed by atoms with Gasteiger partial charge in [0.25, 0.3) is 5.91 Å². The second-order valence-corrected chi connectivity index (χ2v) is 5.33. The predicted molar refractivity (Wildman–Crippen MR) is 64.5 cm³/mol. The molecular formula is C11H21N3O4. The number of hydrazine groups is 1. The van der Waals surface area contributed by atoms with Gasteiger partial charge in [-0.1, -0.05) is 0 Å². The molecule has 104 valence electrons. The summed E-state index contributed by atoms with van der Waals surface area (Å²) in [4.78, 5) is 24.8. The van der Waals surface area contributed by atoms with Crippen molar-refractivity contribution < 1.29 is 19.1 Å². The van der Waals surface area contributed by atoms with Crippen molar-refractivity contribution in [2.45, 2.75) is 45.5 Å². The second-order valence-electron chi connectivity index (χ2n) is 5.33. The van der Waals surface area contributed by atoms with E-state index in [0.717, 1.165) is 0 Å². The molecule has 2 atom stereocenters. The molecule has 0 aromatic heterocycles. The van der Waals surface area contributed by atoms with Crippen molar-refractivity contribution in [3.8, 4) is 0 Å². The summed E-state index contributed by atoms with van der Waals surface area (Å²) in [6.45, 7) is 7.69. The number of amides is 2. The van der Waals surface area contributed by atoms with Crippen LogP contribution in [0.1, 0.15) is 27.7 Å². The molecule has 1 aliphatic heterocycles. The van der Waals surface area contributed by atoms with E-state index in [1.54, 1.807) is 27.7 Å². The van der Waals surface area contributed by atoms with Crippen molar-refractivity contribution in [1.29, 1.82) is 0 Å². The smallest absolute Gasteiger partial charge is 0.410 e. The molecule has 7 nitrogen and oxygen atoms in total. The fourth-order valence-corrected chi connectivity index (χ4v) is 1.66. The molecule has 7 heteroatoms. The number of ether oxygens (including phenoxy) is 2. The van der Waals surface area contributed by atoms with Crippen LogP contribution in [0.15, 0.2) is 0 Å². The van der Waals surface area contributed by atoms with Gasteiger partial charge in [0.05, 0.1) is 19.2 Å². The molecule has 1 aliphatic rings. The Bertz CT molecular complexity index is 327. The van der Waals surface area contributed by atoms with Gasteiger partial charge in [-0.05, 0) is 27.7 Å². The maximum absolute atomic E-state index is 11.9. The first-order valence-electron chi connectivity index (χ1n) is 5.87. The molecule has 0 aromatic carbocycles.